The summed E-state index contributed by atoms with van der Waals surface area (Å²) in [6.07, 6.45) is 2.12. The van der Waals surface area contributed by atoms with Crippen molar-refractivity contribution in [1.29, 1.82) is 0 Å². The molecule has 0 aliphatic carbocycles. The summed E-state index contributed by atoms with van der Waals surface area (Å²) in [6, 6.07) is 13.9. The number of nitrogens with two attached hydrogens (primary N) is 1. The van der Waals surface area contributed by atoms with Crippen molar-refractivity contribution in [2.45, 2.75) is 4.90 Å². The Bertz CT molecular complexity index is 1400. The number of benzene rings is 2. The van der Waals surface area contributed by atoms with E-state index in [0.29, 0.717) is 11.6 Å². The summed E-state index contributed by atoms with van der Waals surface area (Å²) < 4.78 is 28.2. The number of anilines is 2. The van der Waals surface area contributed by atoms with Crippen molar-refractivity contribution in [3.8, 4) is 22.3 Å². The number of amides is 1. The van der Waals surface area contributed by atoms with Gasteiger partial charge in [0.05, 0.1) is 17.5 Å². The Hall–Kier alpha value is -3.92. The predicted octanol–water partition coefficient (Wildman–Crippen LogP) is 3.46. The molecule has 4 aromatic rings. The van der Waals surface area contributed by atoms with E-state index in [9.17, 15) is 13.2 Å². The van der Waals surface area contributed by atoms with Crippen molar-refractivity contribution in [2.75, 3.05) is 24.4 Å². The molecule has 0 radical (unpaired) electrons. The topological polar surface area (TPSA) is 140 Å². The van der Waals surface area contributed by atoms with Crippen LogP contribution in [0, 0.1) is 0 Å². The van der Waals surface area contributed by atoms with Crippen LogP contribution in [0.1, 0.15) is 0 Å². The van der Waals surface area contributed by atoms with Crippen LogP contribution in [0.25, 0.3) is 33.2 Å². The van der Waals surface area contributed by atoms with Crippen LogP contribution < -0.4 is 11.1 Å². The van der Waals surface area contributed by atoms with Gasteiger partial charge >= 0.3 is 6.09 Å². The molecule has 0 fully saturated rings. The van der Waals surface area contributed by atoms with Crippen LogP contribution in [0.5, 0.6) is 0 Å². The first-order valence-electron chi connectivity index (χ1n) is 9.16. The third-order valence-electron chi connectivity index (χ3n) is 4.80. The van der Waals surface area contributed by atoms with Gasteiger partial charge < -0.3 is 10.5 Å². The van der Waals surface area contributed by atoms with Crippen LogP contribution >= 0.6 is 0 Å². The van der Waals surface area contributed by atoms with Gasteiger partial charge in [-0.05, 0) is 53.1 Å². The third-order valence-corrected chi connectivity index (χ3v) is 5.93. The van der Waals surface area contributed by atoms with E-state index < -0.39 is 15.9 Å². The Balaban J connectivity index is 1.85. The van der Waals surface area contributed by atoms with Crippen molar-refractivity contribution in [1.82, 2.24) is 15.2 Å². The number of sulfone groups is 1. The fraction of sp³-hybridized carbons (Fsp3) is 0.0952. The van der Waals surface area contributed by atoms with Crippen LogP contribution in [0.15, 0.2) is 59.6 Å². The first-order chi connectivity index (χ1) is 14.8. The highest BCUT2D eigenvalue weighted by atomic mass is 32.2. The standard InChI is InChI=1S/C21H19N5O4S/c1-30-21(27)24-18-11-13(7-8-23-18)14-9-16(19-17(10-14)20(22)26-25-19)12-3-5-15(6-4-12)31(2,28)29/h3-11H,1-2H3,(H3,22,25,26)(H,23,24,27). The highest BCUT2D eigenvalue weighted by Gasteiger charge is 2.14. The van der Waals surface area contributed by atoms with Gasteiger partial charge in [-0.3, -0.25) is 10.4 Å². The van der Waals surface area contributed by atoms with Crippen molar-refractivity contribution in [3.05, 3.63) is 54.7 Å². The van der Waals surface area contributed by atoms with E-state index in [2.05, 4.69) is 25.2 Å². The van der Waals surface area contributed by atoms with Gasteiger partial charge in [-0.2, -0.15) is 5.10 Å². The molecule has 2 aromatic heterocycles. The van der Waals surface area contributed by atoms with Gasteiger partial charge in [-0.25, -0.2) is 18.2 Å². The lowest BCUT2D eigenvalue weighted by atomic mass is 9.96. The lowest BCUT2D eigenvalue weighted by Crippen LogP contribution is -2.11. The van der Waals surface area contributed by atoms with Crippen LogP contribution in [-0.4, -0.2) is 43.1 Å². The molecule has 10 heteroatoms. The number of H-pyrrole nitrogens is 1. The number of carbonyl (C=O) groups is 1. The number of aromatic amines is 1. The highest BCUT2D eigenvalue weighted by molar-refractivity contribution is 7.90. The van der Waals surface area contributed by atoms with E-state index in [1.165, 1.54) is 13.4 Å². The van der Waals surface area contributed by atoms with E-state index in [0.717, 1.165) is 33.2 Å². The zero-order valence-corrected chi connectivity index (χ0v) is 17.5. The summed E-state index contributed by atoms with van der Waals surface area (Å²) in [5.41, 5.74) is 9.99. The first-order valence-corrected chi connectivity index (χ1v) is 11.0. The van der Waals surface area contributed by atoms with Gasteiger partial charge in [0, 0.05) is 23.4 Å². The zero-order chi connectivity index (χ0) is 22.2. The number of hydrogen-bond acceptors (Lipinski definition) is 7. The number of carbonyl (C=O) groups excluding carboxylic acids is 1. The van der Waals surface area contributed by atoms with Gasteiger partial charge in [0.15, 0.2) is 15.7 Å². The molecule has 0 atom stereocenters. The SMILES string of the molecule is COC(=O)Nc1cc(-c2cc(-c3ccc(S(C)(=O)=O)cc3)c3[nH]nc(N)c3c2)ccn1. The molecular weight excluding hydrogens is 418 g/mol. The maximum absolute atomic E-state index is 11.8. The van der Waals surface area contributed by atoms with Crippen molar-refractivity contribution < 1.29 is 17.9 Å². The molecule has 2 aromatic carbocycles. The highest BCUT2D eigenvalue weighted by Crippen LogP contribution is 2.35. The van der Waals surface area contributed by atoms with Crippen LogP contribution in [0.3, 0.4) is 0 Å². The monoisotopic (exact) mass is 437 g/mol. The zero-order valence-electron chi connectivity index (χ0n) is 16.7. The number of aromatic nitrogens is 3. The van der Waals surface area contributed by atoms with Crippen molar-refractivity contribution in [2.24, 2.45) is 0 Å². The summed E-state index contributed by atoms with van der Waals surface area (Å²) >= 11 is 0. The van der Waals surface area contributed by atoms with Crippen molar-refractivity contribution >= 4 is 38.5 Å². The minimum Gasteiger partial charge on any atom is -0.453 e. The normalized spacial score (nSPS) is 11.4. The van der Waals surface area contributed by atoms with E-state index in [-0.39, 0.29) is 4.90 Å². The summed E-state index contributed by atoms with van der Waals surface area (Å²) in [4.78, 5) is 15.9. The fourth-order valence-electron chi connectivity index (χ4n) is 3.25. The van der Waals surface area contributed by atoms with Gasteiger partial charge in [-0.1, -0.05) is 12.1 Å². The smallest absolute Gasteiger partial charge is 0.412 e. The Morgan fingerprint density at radius 2 is 1.81 bits per heavy atom. The number of rotatable bonds is 4. The van der Waals surface area contributed by atoms with Gasteiger partial charge in [0.2, 0.25) is 0 Å². The average Bonchev–Trinajstić information content (AvgIpc) is 3.13. The number of nitrogen functional groups attached to an aromatic ring is 1. The quantitative estimate of drug-likeness (QED) is 0.444. The lowest BCUT2D eigenvalue weighted by Gasteiger charge is -2.10. The Morgan fingerprint density at radius 1 is 1.06 bits per heavy atom. The minimum atomic E-state index is -3.30. The van der Waals surface area contributed by atoms with Crippen LogP contribution in [0.4, 0.5) is 16.4 Å². The van der Waals surface area contributed by atoms with Gasteiger partial charge in [-0.15, -0.1) is 0 Å². The van der Waals surface area contributed by atoms with E-state index in [1.54, 1.807) is 42.6 Å². The fourth-order valence-corrected chi connectivity index (χ4v) is 3.88. The second-order valence-corrected chi connectivity index (χ2v) is 8.91. The molecule has 4 rings (SSSR count). The summed E-state index contributed by atoms with van der Waals surface area (Å²) in [7, 11) is -2.03. The van der Waals surface area contributed by atoms with Gasteiger partial charge in [0.1, 0.15) is 5.82 Å². The molecule has 0 saturated carbocycles. The lowest BCUT2D eigenvalue weighted by molar-refractivity contribution is 0.187. The maximum atomic E-state index is 11.8. The second-order valence-electron chi connectivity index (χ2n) is 6.90. The number of nitrogens with zero attached hydrogens (tertiary/aromatic N) is 2. The first kappa shape index (κ1) is 20.4. The summed E-state index contributed by atoms with van der Waals surface area (Å²) in [5, 5.41) is 10.3. The molecule has 9 nitrogen and oxygen atoms in total. The molecule has 31 heavy (non-hydrogen) atoms. The summed E-state index contributed by atoms with van der Waals surface area (Å²) in [5.74, 6) is 0.677. The Kier molecular flexibility index (Phi) is 5.07. The third kappa shape index (κ3) is 4.05. The number of nitrogens with one attached hydrogen (secondary N) is 2. The molecule has 0 saturated heterocycles. The van der Waals surface area contributed by atoms with Crippen LogP contribution in [-0.2, 0) is 14.6 Å². The molecule has 0 spiro atoms. The molecule has 0 aliphatic rings. The number of hydrogen-bond donors (Lipinski definition) is 3. The molecule has 0 unspecified atom stereocenters. The average molecular weight is 437 g/mol. The Morgan fingerprint density at radius 3 is 2.48 bits per heavy atom. The van der Waals surface area contributed by atoms with E-state index in [1.807, 2.05) is 12.1 Å². The molecule has 2 heterocycles. The minimum absolute atomic E-state index is 0.237. The number of fused-ring (bicyclic) bond motifs is 1. The molecule has 1 amide bonds. The van der Waals surface area contributed by atoms with Crippen LogP contribution in [0.2, 0.25) is 0 Å². The molecular formula is C21H19N5O4S. The summed E-state index contributed by atoms with van der Waals surface area (Å²) in [6.45, 7) is 0. The molecule has 0 bridgehead atoms. The number of pyridine rings is 1. The number of methoxy groups -OCH3 is 1. The van der Waals surface area contributed by atoms with E-state index >= 15 is 0 Å². The molecule has 0 aliphatic heterocycles. The van der Waals surface area contributed by atoms with Crippen molar-refractivity contribution in [3.63, 3.8) is 0 Å². The largest absolute Gasteiger partial charge is 0.453 e. The Labute approximate surface area is 178 Å². The van der Waals surface area contributed by atoms with E-state index in [4.69, 9.17) is 5.73 Å². The molecule has 4 N–H and O–H groups in total. The number of ether oxygens (including phenoxy) is 1. The molecule has 158 valence electrons. The maximum Gasteiger partial charge on any atom is 0.412 e. The predicted molar refractivity (Wildman–Crippen MR) is 118 cm³/mol. The van der Waals surface area contributed by atoms with Gasteiger partial charge in [0.25, 0.3) is 0 Å². The second kappa shape index (κ2) is 7.73.